The van der Waals surface area contributed by atoms with E-state index < -0.39 is 23.4 Å². The highest BCUT2D eigenvalue weighted by Crippen LogP contribution is 2.31. The van der Waals surface area contributed by atoms with Crippen molar-refractivity contribution in [1.29, 1.82) is 0 Å². The summed E-state index contributed by atoms with van der Waals surface area (Å²) in [4.78, 5) is 25.3. The largest absolute Gasteiger partial charge is 0.495 e. The number of nitrogens with zero attached hydrogens (tertiary/aromatic N) is 2. The standard InChI is InChI=1S/C21H18F3N3O3/c1-12-18(19(28)20(29)25-16-9-4-5-10-17(16)30-3)13(2)27(26-12)15-8-6-7-14(11-15)21(22,23)24/h4-11H,1-3H3,(H,25,29). The highest BCUT2D eigenvalue weighted by molar-refractivity contribution is 6.47. The van der Waals surface area contributed by atoms with Crippen LogP contribution in [0.15, 0.2) is 48.5 Å². The van der Waals surface area contributed by atoms with E-state index in [0.717, 1.165) is 12.1 Å². The van der Waals surface area contributed by atoms with Gasteiger partial charge in [-0.1, -0.05) is 18.2 Å². The van der Waals surface area contributed by atoms with Crippen LogP contribution in [-0.4, -0.2) is 28.6 Å². The van der Waals surface area contributed by atoms with Crippen molar-refractivity contribution in [3.8, 4) is 11.4 Å². The van der Waals surface area contributed by atoms with Crippen molar-refractivity contribution in [2.45, 2.75) is 20.0 Å². The molecule has 9 heteroatoms. The number of halogens is 3. The quantitative estimate of drug-likeness (QED) is 0.495. The van der Waals surface area contributed by atoms with E-state index in [2.05, 4.69) is 10.4 Å². The van der Waals surface area contributed by atoms with E-state index >= 15 is 0 Å². The van der Waals surface area contributed by atoms with Crippen LogP contribution in [0.25, 0.3) is 5.69 Å². The summed E-state index contributed by atoms with van der Waals surface area (Å²) in [5.74, 6) is -1.38. The maximum Gasteiger partial charge on any atom is 0.416 e. The number of methoxy groups -OCH3 is 1. The van der Waals surface area contributed by atoms with E-state index in [1.54, 1.807) is 24.3 Å². The van der Waals surface area contributed by atoms with Crippen molar-refractivity contribution < 1.29 is 27.5 Å². The number of aryl methyl sites for hydroxylation is 1. The van der Waals surface area contributed by atoms with Crippen LogP contribution in [0.1, 0.15) is 27.3 Å². The predicted octanol–water partition coefficient (Wildman–Crippen LogP) is 4.34. The zero-order valence-electron chi connectivity index (χ0n) is 16.4. The van der Waals surface area contributed by atoms with Gasteiger partial charge < -0.3 is 10.1 Å². The molecule has 0 atom stereocenters. The second-order valence-electron chi connectivity index (χ2n) is 6.49. The van der Waals surface area contributed by atoms with Gasteiger partial charge in [0.15, 0.2) is 0 Å². The van der Waals surface area contributed by atoms with Crippen molar-refractivity contribution in [2.75, 3.05) is 12.4 Å². The number of benzene rings is 2. The fourth-order valence-electron chi connectivity index (χ4n) is 3.08. The van der Waals surface area contributed by atoms with E-state index in [1.807, 2.05) is 0 Å². The Morgan fingerprint density at radius 1 is 1.07 bits per heavy atom. The molecule has 0 saturated carbocycles. The molecule has 2 aromatic carbocycles. The Balaban J connectivity index is 1.94. The molecule has 0 radical (unpaired) electrons. The number of hydrogen-bond acceptors (Lipinski definition) is 4. The van der Waals surface area contributed by atoms with Gasteiger partial charge in [-0.2, -0.15) is 18.3 Å². The molecule has 1 N–H and O–H groups in total. The number of carbonyl (C=O) groups is 2. The smallest absolute Gasteiger partial charge is 0.416 e. The van der Waals surface area contributed by atoms with Crippen LogP contribution in [0, 0.1) is 13.8 Å². The predicted molar refractivity (Wildman–Crippen MR) is 104 cm³/mol. The topological polar surface area (TPSA) is 73.2 Å². The minimum absolute atomic E-state index is 0.0276. The Hall–Kier alpha value is -3.62. The van der Waals surface area contributed by atoms with Gasteiger partial charge in [0.05, 0.1) is 41.0 Å². The SMILES string of the molecule is COc1ccccc1NC(=O)C(=O)c1c(C)nn(-c2cccc(C(F)(F)F)c2)c1C. The number of rotatable bonds is 5. The molecule has 0 spiro atoms. The van der Waals surface area contributed by atoms with Gasteiger partial charge in [-0.3, -0.25) is 9.59 Å². The highest BCUT2D eigenvalue weighted by atomic mass is 19.4. The van der Waals surface area contributed by atoms with Crippen LogP contribution in [0.3, 0.4) is 0 Å². The number of carbonyl (C=O) groups excluding carboxylic acids is 2. The molecule has 0 aliphatic heterocycles. The molecule has 3 aromatic rings. The summed E-state index contributed by atoms with van der Waals surface area (Å²) in [5, 5.41) is 6.66. The minimum Gasteiger partial charge on any atom is -0.495 e. The molecule has 0 aliphatic rings. The average Bonchev–Trinajstić information content (AvgIpc) is 3.01. The first-order valence-electron chi connectivity index (χ1n) is 8.86. The fourth-order valence-corrected chi connectivity index (χ4v) is 3.08. The average molecular weight is 417 g/mol. The molecular weight excluding hydrogens is 399 g/mol. The summed E-state index contributed by atoms with van der Waals surface area (Å²) >= 11 is 0. The Morgan fingerprint density at radius 3 is 2.43 bits per heavy atom. The number of para-hydroxylation sites is 2. The van der Waals surface area contributed by atoms with E-state index in [4.69, 9.17) is 4.74 Å². The maximum absolute atomic E-state index is 13.0. The van der Waals surface area contributed by atoms with Gasteiger partial charge in [-0.15, -0.1) is 0 Å². The van der Waals surface area contributed by atoms with Crippen LogP contribution < -0.4 is 10.1 Å². The first kappa shape index (κ1) is 21.1. The van der Waals surface area contributed by atoms with Crippen molar-refractivity contribution in [3.05, 3.63) is 71.0 Å². The Kier molecular flexibility index (Phi) is 5.64. The molecule has 6 nitrogen and oxygen atoms in total. The number of anilines is 1. The summed E-state index contributed by atoms with van der Waals surface area (Å²) in [6.45, 7) is 3.03. The molecule has 1 aromatic heterocycles. The molecular formula is C21H18F3N3O3. The lowest BCUT2D eigenvalue weighted by atomic mass is 10.1. The fraction of sp³-hybridized carbons (Fsp3) is 0.190. The molecule has 0 fully saturated rings. The Morgan fingerprint density at radius 2 is 1.77 bits per heavy atom. The number of nitrogens with one attached hydrogen (secondary N) is 1. The number of ether oxygens (including phenoxy) is 1. The zero-order valence-corrected chi connectivity index (χ0v) is 16.4. The Bertz CT molecular complexity index is 1120. The molecule has 0 bridgehead atoms. The number of hydrogen-bond donors (Lipinski definition) is 1. The molecule has 3 rings (SSSR count). The lowest BCUT2D eigenvalue weighted by molar-refractivity contribution is -0.137. The van der Waals surface area contributed by atoms with E-state index in [-0.39, 0.29) is 22.6 Å². The number of aromatic nitrogens is 2. The summed E-state index contributed by atoms with van der Waals surface area (Å²) in [7, 11) is 1.43. The summed E-state index contributed by atoms with van der Waals surface area (Å²) in [5.41, 5.74) is 0.125. The van der Waals surface area contributed by atoms with E-state index in [9.17, 15) is 22.8 Å². The van der Waals surface area contributed by atoms with Crippen molar-refractivity contribution in [3.63, 3.8) is 0 Å². The minimum atomic E-state index is -4.51. The second kappa shape index (κ2) is 8.02. The Labute approximate surface area is 170 Å². The normalized spacial score (nSPS) is 11.3. The number of Topliss-reactive ketones (excluding diaryl/α,β-unsaturated/α-hetero) is 1. The molecule has 156 valence electrons. The molecule has 0 saturated heterocycles. The molecule has 1 amide bonds. The van der Waals surface area contributed by atoms with Crippen molar-refractivity contribution >= 4 is 17.4 Å². The highest BCUT2D eigenvalue weighted by Gasteiger charge is 2.31. The molecule has 1 heterocycles. The molecule has 0 aliphatic carbocycles. The van der Waals surface area contributed by atoms with Gasteiger partial charge in [-0.25, -0.2) is 4.68 Å². The third-order valence-corrected chi connectivity index (χ3v) is 4.50. The summed E-state index contributed by atoms with van der Waals surface area (Å²) in [6.07, 6.45) is -4.51. The molecule has 0 unspecified atom stereocenters. The lowest BCUT2D eigenvalue weighted by Crippen LogP contribution is -2.24. The lowest BCUT2D eigenvalue weighted by Gasteiger charge is -2.10. The third kappa shape index (κ3) is 4.05. The van der Waals surface area contributed by atoms with Crippen LogP contribution in [0.5, 0.6) is 5.75 Å². The summed E-state index contributed by atoms with van der Waals surface area (Å²) < 4.78 is 45.4. The van der Waals surface area contributed by atoms with Crippen molar-refractivity contribution in [1.82, 2.24) is 9.78 Å². The first-order valence-corrected chi connectivity index (χ1v) is 8.86. The van der Waals surface area contributed by atoms with Crippen LogP contribution in [0.2, 0.25) is 0 Å². The van der Waals surface area contributed by atoms with E-state index in [0.29, 0.717) is 11.4 Å². The number of alkyl halides is 3. The second-order valence-corrected chi connectivity index (χ2v) is 6.49. The number of amides is 1. The first-order chi connectivity index (χ1) is 14.1. The molecule has 30 heavy (non-hydrogen) atoms. The van der Waals surface area contributed by atoms with Gasteiger partial charge >= 0.3 is 6.18 Å². The van der Waals surface area contributed by atoms with Gasteiger partial charge in [0.2, 0.25) is 0 Å². The number of ketones is 1. The van der Waals surface area contributed by atoms with Crippen LogP contribution >= 0.6 is 0 Å². The summed E-state index contributed by atoms with van der Waals surface area (Å²) in [6, 6.07) is 11.2. The monoisotopic (exact) mass is 417 g/mol. The van der Waals surface area contributed by atoms with Gasteiger partial charge in [0.1, 0.15) is 5.75 Å². The zero-order chi connectivity index (χ0) is 22.1. The van der Waals surface area contributed by atoms with Crippen molar-refractivity contribution in [2.24, 2.45) is 0 Å². The van der Waals surface area contributed by atoms with Gasteiger partial charge in [0, 0.05) is 0 Å². The van der Waals surface area contributed by atoms with Crippen LogP contribution in [-0.2, 0) is 11.0 Å². The van der Waals surface area contributed by atoms with Gasteiger partial charge in [0.25, 0.3) is 11.7 Å². The van der Waals surface area contributed by atoms with Crippen LogP contribution in [0.4, 0.5) is 18.9 Å². The maximum atomic E-state index is 13.0. The third-order valence-electron chi connectivity index (χ3n) is 4.50. The van der Waals surface area contributed by atoms with Gasteiger partial charge in [-0.05, 0) is 44.2 Å². The van der Waals surface area contributed by atoms with E-state index in [1.165, 1.54) is 37.8 Å².